The molecule has 0 N–H and O–H groups in total. The van der Waals surface area contributed by atoms with Crippen LogP contribution in [-0.4, -0.2) is 31.8 Å². The van der Waals surface area contributed by atoms with Crippen molar-refractivity contribution in [2.24, 2.45) is 0 Å². The lowest BCUT2D eigenvalue weighted by molar-refractivity contribution is 0.0468. The zero-order valence-corrected chi connectivity index (χ0v) is 16.0. The molecule has 7 heteroatoms. The molecule has 27 heavy (non-hydrogen) atoms. The molecule has 1 heterocycles. The number of esters is 1. The van der Waals surface area contributed by atoms with Gasteiger partial charge in [0.05, 0.1) is 10.5 Å². The standard InChI is InChI=1S/C20H22FNO4S/c1-15-9-10-17(27(24,25)22-11-5-2-6-12-22)13-18(15)20(23)26-14-16-7-3-4-8-19(16)21/h3-4,7-10,13H,2,5-6,11-12,14H2,1H3. The molecule has 0 aromatic heterocycles. The third-order valence-electron chi connectivity index (χ3n) is 4.70. The second kappa shape index (κ2) is 8.19. The molecule has 0 bridgehead atoms. The minimum absolute atomic E-state index is 0.0767. The second-order valence-corrected chi connectivity index (χ2v) is 8.55. The van der Waals surface area contributed by atoms with Crippen LogP contribution in [0.1, 0.15) is 40.7 Å². The van der Waals surface area contributed by atoms with Crippen molar-refractivity contribution in [3.63, 3.8) is 0 Å². The third kappa shape index (κ3) is 4.36. The van der Waals surface area contributed by atoms with E-state index in [1.165, 1.54) is 28.6 Å². The van der Waals surface area contributed by atoms with E-state index < -0.39 is 21.8 Å². The number of benzene rings is 2. The molecular weight excluding hydrogens is 369 g/mol. The first kappa shape index (κ1) is 19.5. The van der Waals surface area contributed by atoms with Crippen LogP contribution in [0.5, 0.6) is 0 Å². The van der Waals surface area contributed by atoms with E-state index in [2.05, 4.69) is 0 Å². The van der Waals surface area contributed by atoms with Crippen LogP contribution >= 0.6 is 0 Å². The predicted molar refractivity (Wildman–Crippen MR) is 99.3 cm³/mol. The molecule has 1 saturated heterocycles. The topological polar surface area (TPSA) is 63.7 Å². The van der Waals surface area contributed by atoms with E-state index in [9.17, 15) is 17.6 Å². The minimum Gasteiger partial charge on any atom is -0.457 e. The molecule has 0 radical (unpaired) electrons. The number of sulfonamides is 1. The van der Waals surface area contributed by atoms with Gasteiger partial charge >= 0.3 is 5.97 Å². The summed E-state index contributed by atoms with van der Waals surface area (Å²) in [7, 11) is -3.64. The van der Waals surface area contributed by atoms with E-state index in [4.69, 9.17) is 4.74 Å². The highest BCUT2D eigenvalue weighted by Gasteiger charge is 2.27. The van der Waals surface area contributed by atoms with Gasteiger partial charge in [0.25, 0.3) is 0 Å². The predicted octanol–water partition coefficient (Wildman–Crippen LogP) is 3.67. The quantitative estimate of drug-likeness (QED) is 0.730. The highest BCUT2D eigenvalue weighted by molar-refractivity contribution is 7.89. The number of carbonyl (C=O) groups excluding carboxylic acids is 1. The van der Waals surface area contributed by atoms with Gasteiger partial charge in [0, 0.05) is 18.7 Å². The molecule has 0 aliphatic carbocycles. The first-order valence-electron chi connectivity index (χ1n) is 8.91. The van der Waals surface area contributed by atoms with Crippen LogP contribution in [0, 0.1) is 12.7 Å². The fourth-order valence-electron chi connectivity index (χ4n) is 3.07. The molecule has 0 amide bonds. The van der Waals surface area contributed by atoms with Crippen molar-refractivity contribution in [2.45, 2.75) is 37.7 Å². The van der Waals surface area contributed by atoms with Gasteiger partial charge < -0.3 is 4.74 Å². The Hall–Kier alpha value is -2.25. The van der Waals surface area contributed by atoms with Crippen molar-refractivity contribution in [3.8, 4) is 0 Å². The molecule has 5 nitrogen and oxygen atoms in total. The van der Waals surface area contributed by atoms with Gasteiger partial charge in [-0.3, -0.25) is 0 Å². The molecule has 0 atom stereocenters. The van der Waals surface area contributed by atoms with Gasteiger partial charge in [0.15, 0.2) is 0 Å². The lowest BCUT2D eigenvalue weighted by Crippen LogP contribution is -2.35. The Morgan fingerprint density at radius 2 is 1.81 bits per heavy atom. The summed E-state index contributed by atoms with van der Waals surface area (Å²) in [6, 6.07) is 10.5. The highest BCUT2D eigenvalue weighted by atomic mass is 32.2. The van der Waals surface area contributed by atoms with Crippen molar-refractivity contribution in [1.29, 1.82) is 0 Å². The van der Waals surface area contributed by atoms with Gasteiger partial charge in [0.2, 0.25) is 10.0 Å². The number of hydrogen-bond acceptors (Lipinski definition) is 4. The first-order chi connectivity index (χ1) is 12.9. The van der Waals surface area contributed by atoms with Crippen molar-refractivity contribution in [1.82, 2.24) is 4.31 Å². The molecule has 2 aromatic rings. The molecule has 3 rings (SSSR count). The summed E-state index contributed by atoms with van der Waals surface area (Å²) in [5.74, 6) is -1.13. The number of ether oxygens (including phenoxy) is 1. The van der Waals surface area contributed by atoms with Crippen LogP contribution < -0.4 is 0 Å². The Labute approximate surface area is 158 Å². The fraction of sp³-hybridized carbons (Fsp3) is 0.350. The number of halogens is 1. The van der Waals surface area contributed by atoms with Crippen LogP contribution in [0.25, 0.3) is 0 Å². The van der Waals surface area contributed by atoms with Crippen molar-refractivity contribution in [3.05, 3.63) is 65.0 Å². The average Bonchev–Trinajstić information content (AvgIpc) is 2.68. The lowest BCUT2D eigenvalue weighted by atomic mass is 10.1. The Kier molecular flexibility index (Phi) is 5.92. The normalized spacial score (nSPS) is 15.5. The van der Waals surface area contributed by atoms with Crippen LogP contribution in [0.3, 0.4) is 0 Å². The van der Waals surface area contributed by atoms with Crippen molar-refractivity contribution >= 4 is 16.0 Å². The average molecular weight is 391 g/mol. The summed E-state index contributed by atoms with van der Waals surface area (Å²) < 4.78 is 46.0. The van der Waals surface area contributed by atoms with Crippen LogP contribution in [0.2, 0.25) is 0 Å². The summed E-state index contributed by atoms with van der Waals surface area (Å²) >= 11 is 0. The molecule has 1 aliphatic rings. The molecule has 2 aromatic carbocycles. The number of hydrogen-bond donors (Lipinski definition) is 0. The van der Waals surface area contributed by atoms with Crippen LogP contribution in [-0.2, 0) is 21.4 Å². The first-order valence-corrected chi connectivity index (χ1v) is 10.3. The van der Waals surface area contributed by atoms with E-state index in [1.54, 1.807) is 25.1 Å². The largest absolute Gasteiger partial charge is 0.457 e. The molecule has 0 saturated carbocycles. The highest BCUT2D eigenvalue weighted by Crippen LogP contribution is 2.23. The maximum Gasteiger partial charge on any atom is 0.338 e. The van der Waals surface area contributed by atoms with E-state index in [1.807, 2.05) is 0 Å². The Morgan fingerprint density at radius 1 is 1.11 bits per heavy atom. The summed E-state index contributed by atoms with van der Waals surface area (Å²) in [5, 5.41) is 0. The summed E-state index contributed by atoms with van der Waals surface area (Å²) in [6.07, 6.45) is 2.69. The Morgan fingerprint density at radius 3 is 2.52 bits per heavy atom. The zero-order valence-electron chi connectivity index (χ0n) is 15.2. The van der Waals surface area contributed by atoms with Crippen LogP contribution in [0.4, 0.5) is 4.39 Å². The maximum absolute atomic E-state index is 13.7. The van der Waals surface area contributed by atoms with Gasteiger partial charge in [-0.2, -0.15) is 4.31 Å². The number of carbonyl (C=O) groups is 1. The lowest BCUT2D eigenvalue weighted by Gasteiger charge is -2.26. The summed E-state index contributed by atoms with van der Waals surface area (Å²) in [5.41, 5.74) is 1.04. The zero-order chi connectivity index (χ0) is 19.4. The monoisotopic (exact) mass is 391 g/mol. The molecule has 1 fully saturated rings. The number of nitrogens with zero attached hydrogens (tertiary/aromatic N) is 1. The van der Waals surface area contributed by atoms with Gasteiger partial charge in [0.1, 0.15) is 12.4 Å². The SMILES string of the molecule is Cc1ccc(S(=O)(=O)N2CCCCC2)cc1C(=O)OCc1ccccc1F. The third-order valence-corrected chi connectivity index (χ3v) is 6.59. The van der Waals surface area contributed by atoms with E-state index in [0.29, 0.717) is 18.7 Å². The van der Waals surface area contributed by atoms with Crippen molar-refractivity contribution in [2.75, 3.05) is 13.1 Å². The van der Waals surface area contributed by atoms with Gasteiger partial charge in [-0.25, -0.2) is 17.6 Å². The second-order valence-electron chi connectivity index (χ2n) is 6.61. The fourth-order valence-corrected chi connectivity index (χ4v) is 4.62. The Balaban J connectivity index is 1.80. The Bertz CT molecular complexity index is 937. The van der Waals surface area contributed by atoms with Gasteiger partial charge in [-0.15, -0.1) is 0 Å². The summed E-state index contributed by atoms with van der Waals surface area (Å²) in [6.45, 7) is 2.47. The molecular formula is C20H22FNO4S. The van der Waals surface area contributed by atoms with E-state index in [-0.39, 0.29) is 22.6 Å². The van der Waals surface area contributed by atoms with Crippen molar-refractivity contribution < 1.29 is 22.3 Å². The number of piperidine rings is 1. The molecule has 1 aliphatic heterocycles. The van der Waals surface area contributed by atoms with Crippen LogP contribution in [0.15, 0.2) is 47.4 Å². The maximum atomic E-state index is 13.7. The molecule has 144 valence electrons. The minimum atomic E-state index is -3.64. The van der Waals surface area contributed by atoms with E-state index >= 15 is 0 Å². The van der Waals surface area contributed by atoms with E-state index in [0.717, 1.165) is 19.3 Å². The smallest absolute Gasteiger partial charge is 0.338 e. The molecule has 0 unspecified atom stereocenters. The summed E-state index contributed by atoms with van der Waals surface area (Å²) in [4.78, 5) is 12.5. The number of rotatable bonds is 5. The van der Waals surface area contributed by atoms with Gasteiger partial charge in [-0.1, -0.05) is 30.7 Å². The number of aryl methyl sites for hydroxylation is 1. The molecule has 0 spiro atoms. The van der Waals surface area contributed by atoms with Gasteiger partial charge in [-0.05, 0) is 43.5 Å².